The van der Waals surface area contributed by atoms with Crippen LogP contribution in [0.1, 0.15) is 38.8 Å². The fourth-order valence-electron chi connectivity index (χ4n) is 3.46. The lowest BCUT2D eigenvalue weighted by Crippen LogP contribution is -2.33. The molecule has 0 radical (unpaired) electrons. The van der Waals surface area contributed by atoms with E-state index in [9.17, 15) is 24.8 Å². The number of ether oxygens (including phenoxy) is 1. The Morgan fingerprint density at radius 1 is 1.11 bits per heavy atom. The summed E-state index contributed by atoms with van der Waals surface area (Å²) in [5, 5.41) is 28.6. The number of carbonyl (C=O) groups excluding carboxylic acids is 2. The zero-order valence-electron chi connectivity index (χ0n) is 20.1. The molecule has 1 N–H and O–H groups in total. The number of nitrogens with zero attached hydrogens (tertiary/aromatic N) is 5. The minimum Gasteiger partial charge on any atom is -0.493 e. The van der Waals surface area contributed by atoms with Gasteiger partial charge in [-0.05, 0) is 38.1 Å². The molecule has 0 aliphatic heterocycles. The number of pyridine rings is 1. The molecule has 1 heterocycles. The molecule has 10 nitrogen and oxygen atoms in total. The third-order valence-corrected chi connectivity index (χ3v) is 5.45. The monoisotopic (exact) mass is 487 g/mol. The third kappa shape index (κ3) is 5.47. The number of aromatic hydroxyl groups is 1. The van der Waals surface area contributed by atoms with Gasteiger partial charge in [-0.25, -0.2) is 4.79 Å². The van der Waals surface area contributed by atoms with E-state index in [0.29, 0.717) is 5.56 Å². The fraction of sp³-hybridized carbons (Fsp3) is 0.231. The van der Waals surface area contributed by atoms with Crippen molar-refractivity contribution in [3.63, 3.8) is 0 Å². The number of nitriles is 1. The Balaban J connectivity index is 1.95. The molecule has 0 bridgehead atoms. The molecular weight excluding hydrogens is 462 g/mol. The normalized spacial score (nSPS) is 10.7. The number of amides is 1. The van der Waals surface area contributed by atoms with Crippen molar-refractivity contribution in [3.8, 4) is 11.9 Å². The topological polar surface area (TPSA) is 137 Å². The maximum absolute atomic E-state index is 12.9. The number of benzene rings is 2. The molecule has 1 aromatic heterocycles. The number of rotatable bonds is 8. The molecule has 36 heavy (non-hydrogen) atoms. The van der Waals surface area contributed by atoms with E-state index in [1.165, 1.54) is 17.9 Å². The van der Waals surface area contributed by atoms with E-state index in [2.05, 4.69) is 10.2 Å². The van der Waals surface area contributed by atoms with E-state index >= 15 is 0 Å². The number of esters is 1. The first-order valence-electron chi connectivity index (χ1n) is 11.1. The minimum absolute atomic E-state index is 0.0808. The van der Waals surface area contributed by atoms with Crippen molar-refractivity contribution in [3.05, 3.63) is 87.2 Å². The van der Waals surface area contributed by atoms with E-state index in [0.717, 1.165) is 4.57 Å². The van der Waals surface area contributed by atoms with E-state index in [1.54, 1.807) is 62.5 Å². The molecule has 0 unspecified atom stereocenters. The van der Waals surface area contributed by atoms with Crippen LogP contribution in [0.2, 0.25) is 0 Å². The standard InChI is InChI=1S/C26H25N5O5/c1-4-36-26(35)19-12-8-9-13-21(19)28-29-22-17(2)20(16-27)24(33)31(25(22)34)15-14-30(3)23(32)18-10-6-5-7-11-18/h5-13,34H,4,14-15H2,1-3H3. The molecule has 0 saturated carbocycles. The highest BCUT2D eigenvalue weighted by atomic mass is 16.5. The molecule has 3 rings (SSSR count). The highest BCUT2D eigenvalue weighted by Crippen LogP contribution is 2.33. The van der Waals surface area contributed by atoms with Crippen molar-refractivity contribution >= 4 is 23.3 Å². The van der Waals surface area contributed by atoms with Gasteiger partial charge in [-0.3, -0.25) is 14.2 Å². The highest BCUT2D eigenvalue weighted by molar-refractivity contribution is 5.95. The quantitative estimate of drug-likeness (QED) is 0.375. The van der Waals surface area contributed by atoms with Crippen LogP contribution in [0, 0.1) is 18.3 Å². The molecule has 0 atom stereocenters. The lowest BCUT2D eigenvalue weighted by molar-refractivity contribution is 0.0527. The van der Waals surface area contributed by atoms with Crippen LogP contribution in [-0.4, -0.2) is 46.6 Å². The summed E-state index contributed by atoms with van der Waals surface area (Å²) >= 11 is 0. The van der Waals surface area contributed by atoms with Crippen molar-refractivity contribution in [1.29, 1.82) is 5.26 Å². The average Bonchev–Trinajstić information content (AvgIpc) is 2.89. The van der Waals surface area contributed by atoms with Gasteiger partial charge in [0.25, 0.3) is 11.5 Å². The minimum atomic E-state index is -0.709. The Kier molecular flexibility index (Phi) is 8.30. The predicted molar refractivity (Wildman–Crippen MR) is 132 cm³/mol. The van der Waals surface area contributed by atoms with E-state index < -0.39 is 17.4 Å². The molecule has 10 heteroatoms. The molecule has 0 spiro atoms. The van der Waals surface area contributed by atoms with Crippen LogP contribution in [0.15, 0.2) is 69.6 Å². The number of hydrogen-bond donors (Lipinski definition) is 1. The number of likely N-dealkylation sites (N-methyl/N-ethyl adjacent to an activating group) is 1. The summed E-state index contributed by atoms with van der Waals surface area (Å²) in [4.78, 5) is 39.1. The SMILES string of the molecule is CCOC(=O)c1ccccc1N=Nc1c(C)c(C#N)c(=O)n(CCN(C)C(=O)c2ccccc2)c1O. The predicted octanol–water partition coefficient (Wildman–Crippen LogP) is 4.10. The first kappa shape index (κ1) is 25.8. The zero-order valence-corrected chi connectivity index (χ0v) is 20.1. The molecule has 0 aliphatic rings. The molecular formula is C26H25N5O5. The summed E-state index contributed by atoms with van der Waals surface area (Å²) < 4.78 is 6.01. The van der Waals surface area contributed by atoms with E-state index in [-0.39, 0.29) is 53.7 Å². The fourth-order valence-corrected chi connectivity index (χ4v) is 3.46. The summed E-state index contributed by atoms with van der Waals surface area (Å²) in [6, 6.07) is 16.9. The lowest BCUT2D eigenvalue weighted by atomic mass is 10.1. The Hall–Kier alpha value is -4.78. The van der Waals surface area contributed by atoms with Gasteiger partial charge in [0.1, 0.15) is 17.3 Å². The van der Waals surface area contributed by atoms with Crippen LogP contribution < -0.4 is 5.56 Å². The van der Waals surface area contributed by atoms with Crippen LogP contribution >= 0.6 is 0 Å². The zero-order chi connectivity index (χ0) is 26.2. The van der Waals surface area contributed by atoms with Crippen LogP contribution in [0.5, 0.6) is 5.88 Å². The number of azo groups is 1. The molecule has 0 saturated heterocycles. The van der Waals surface area contributed by atoms with Gasteiger partial charge < -0.3 is 14.7 Å². The van der Waals surface area contributed by atoms with Gasteiger partial charge in [-0.1, -0.05) is 30.3 Å². The summed E-state index contributed by atoms with van der Waals surface area (Å²) in [6.07, 6.45) is 0. The Morgan fingerprint density at radius 2 is 1.78 bits per heavy atom. The van der Waals surface area contributed by atoms with Gasteiger partial charge in [0, 0.05) is 31.3 Å². The molecule has 0 aliphatic carbocycles. The first-order valence-corrected chi connectivity index (χ1v) is 11.1. The average molecular weight is 488 g/mol. The van der Waals surface area contributed by atoms with Gasteiger partial charge in [0.2, 0.25) is 5.88 Å². The van der Waals surface area contributed by atoms with Crippen molar-refractivity contribution in [2.24, 2.45) is 10.2 Å². The first-order chi connectivity index (χ1) is 17.3. The summed E-state index contributed by atoms with van der Waals surface area (Å²) in [6.45, 7) is 3.33. The second-order valence-electron chi connectivity index (χ2n) is 7.77. The van der Waals surface area contributed by atoms with Crippen molar-refractivity contribution in [2.75, 3.05) is 20.2 Å². The molecule has 3 aromatic rings. The number of carbonyl (C=O) groups is 2. The van der Waals surface area contributed by atoms with Crippen molar-refractivity contribution < 1.29 is 19.4 Å². The second kappa shape index (κ2) is 11.6. The highest BCUT2D eigenvalue weighted by Gasteiger charge is 2.21. The Morgan fingerprint density at radius 3 is 2.44 bits per heavy atom. The van der Waals surface area contributed by atoms with E-state index in [1.807, 2.05) is 6.07 Å². The van der Waals surface area contributed by atoms with Crippen molar-refractivity contribution in [1.82, 2.24) is 9.47 Å². The van der Waals surface area contributed by atoms with E-state index in [4.69, 9.17) is 4.74 Å². The van der Waals surface area contributed by atoms with Gasteiger partial charge in [0.15, 0.2) is 5.69 Å². The number of aromatic nitrogens is 1. The molecule has 2 aromatic carbocycles. The largest absolute Gasteiger partial charge is 0.493 e. The second-order valence-corrected chi connectivity index (χ2v) is 7.77. The van der Waals surface area contributed by atoms with Crippen LogP contribution in [-0.2, 0) is 11.3 Å². The maximum atomic E-state index is 12.9. The molecule has 1 amide bonds. The smallest absolute Gasteiger partial charge is 0.340 e. The number of hydrogen-bond acceptors (Lipinski definition) is 8. The third-order valence-electron chi connectivity index (χ3n) is 5.45. The lowest BCUT2D eigenvalue weighted by Gasteiger charge is -2.19. The Bertz CT molecular complexity index is 1410. The van der Waals surface area contributed by atoms with Crippen LogP contribution in [0.4, 0.5) is 11.4 Å². The molecule has 0 fully saturated rings. The van der Waals surface area contributed by atoms with Gasteiger partial charge >= 0.3 is 5.97 Å². The Labute approximate surface area is 207 Å². The molecule has 184 valence electrons. The summed E-state index contributed by atoms with van der Waals surface area (Å²) in [5.41, 5.74) is -0.0251. The van der Waals surface area contributed by atoms with Gasteiger partial charge in [-0.2, -0.15) is 5.26 Å². The van der Waals surface area contributed by atoms with Crippen LogP contribution in [0.25, 0.3) is 0 Å². The van der Waals surface area contributed by atoms with Gasteiger partial charge in [-0.15, -0.1) is 10.2 Å². The van der Waals surface area contributed by atoms with Gasteiger partial charge in [0.05, 0.1) is 12.2 Å². The summed E-state index contributed by atoms with van der Waals surface area (Å²) in [7, 11) is 1.57. The van der Waals surface area contributed by atoms with Crippen LogP contribution in [0.3, 0.4) is 0 Å². The maximum Gasteiger partial charge on any atom is 0.340 e. The van der Waals surface area contributed by atoms with Crippen molar-refractivity contribution in [2.45, 2.75) is 20.4 Å². The summed E-state index contributed by atoms with van der Waals surface area (Å²) in [5.74, 6) is -1.34.